The summed E-state index contributed by atoms with van der Waals surface area (Å²) in [5.74, 6) is 0.833. The van der Waals surface area contributed by atoms with Gasteiger partial charge in [0.15, 0.2) is 0 Å². The highest BCUT2D eigenvalue weighted by Crippen LogP contribution is 2.21. The van der Waals surface area contributed by atoms with Gasteiger partial charge in [-0.2, -0.15) is 0 Å². The van der Waals surface area contributed by atoms with E-state index in [-0.39, 0.29) is 18.1 Å². The summed E-state index contributed by atoms with van der Waals surface area (Å²) in [6, 6.07) is -0.160. The van der Waals surface area contributed by atoms with Crippen molar-refractivity contribution in [2.45, 2.75) is 57.1 Å². The maximum Gasteiger partial charge on any atom is 0.239 e. The molecule has 0 aromatic carbocycles. The minimum absolute atomic E-state index is 0.160. The number of nitrogens with zero attached hydrogens (tertiary/aromatic N) is 2. The number of hydrogen-bond donors (Lipinski definition) is 2. The van der Waals surface area contributed by atoms with E-state index in [0.717, 1.165) is 26.1 Å². The number of likely N-dealkylation sites (tertiary alicyclic amines) is 2. The predicted molar refractivity (Wildman–Crippen MR) is 86.6 cm³/mol. The van der Waals surface area contributed by atoms with Gasteiger partial charge in [0, 0.05) is 26.2 Å². The standard InChI is InChI=1S/C17H31N3O2/c21-15-10-16(18-11-15)17(22)20-9-5-6-14(13-20)12-19-7-3-1-2-4-8-19/h14-16,18,21H,1-13H2. The van der Waals surface area contributed by atoms with E-state index in [2.05, 4.69) is 10.2 Å². The molecule has 0 bridgehead atoms. The summed E-state index contributed by atoms with van der Waals surface area (Å²) in [5, 5.41) is 12.8. The number of nitrogens with one attached hydrogen (secondary N) is 1. The average Bonchev–Trinajstić information content (AvgIpc) is 2.80. The van der Waals surface area contributed by atoms with Crippen molar-refractivity contribution in [3.63, 3.8) is 0 Å². The molecule has 3 heterocycles. The number of aliphatic hydroxyl groups excluding tert-OH is 1. The van der Waals surface area contributed by atoms with E-state index >= 15 is 0 Å². The van der Waals surface area contributed by atoms with Crippen LogP contribution in [0.2, 0.25) is 0 Å². The Morgan fingerprint density at radius 2 is 1.86 bits per heavy atom. The van der Waals surface area contributed by atoms with Crippen LogP contribution in [0.4, 0.5) is 0 Å². The highest BCUT2D eigenvalue weighted by molar-refractivity contribution is 5.82. The van der Waals surface area contributed by atoms with Crippen LogP contribution in [0.15, 0.2) is 0 Å². The third kappa shape index (κ3) is 4.21. The van der Waals surface area contributed by atoms with Crippen LogP contribution in [0.3, 0.4) is 0 Å². The van der Waals surface area contributed by atoms with E-state index in [1.54, 1.807) is 0 Å². The SMILES string of the molecule is O=C(C1CC(O)CN1)N1CCCC(CN2CCCCCC2)C1. The first-order chi connectivity index (χ1) is 10.7. The molecule has 5 nitrogen and oxygen atoms in total. The summed E-state index contributed by atoms with van der Waals surface area (Å²) in [6.45, 7) is 5.99. The summed E-state index contributed by atoms with van der Waals surface area (Å²) in [5.41, 5.74) is 0. The maximum atomic E-state index is 12.6. The van der Waals surface area contributed by atoms with Crippen molar-refractivity contribution in [1.82, 2.24) is 15.1 Å². The lowest BCUT2D eigenvalue weighted by Crippen LogP contribution is -2.49. The molecule has 0 aliphatic carbocycles. The van der Waals surface area contributed by atoms with Crippen molar-refractivity contribution in [3.05, 3.63) is 0 Å². The lowest BCUT2D eigenvalue weighted by Gasteiger charge is -2.36. The molecule has 0 spiro atoms. The second-order valence-corrected chi connectivity index (χ2v) is 7.36. The summed E-state index contributed by atoms with van der Waals surface area (Å²) in [4.78, 5) is 17.2. The summed E-state index contributed by atoms with van der Waals surface area (Å²) in [6.07, 6.45) is 8.01. The summed E-state index contributed by atoms with van der Waals surface area (Å²) >= 11 is 0. The van der Waals surface area contributed by atoms with Crippen molar-refractivity contribution < 1.29 is 9.90 Å². The Bertz CT molecular complexity index is 369. The number of amides is 1. The van der Waals surface area contributed by atoms with Gasteiger partial charge in [-0.3, -0.25) is 4.79 Å². The first kappa shape index (κ1) is 16.2. The van der Waals surface area contributed by atoms with Gasteiger partial charge >= 0.3 is 0 Å². The van der Waals surface area contributed by atoms with Gasteiger partial charge in [0.2, 0.25) is 5.91 Å². The lowest BCUT2D eigenvalue weighted by atomic mass is 9.96. The van der Waals surface area contributed by atoms with Crippen LogP contribution in [-0.2, 0) is 4.79 Å². The van der Waals surface area contributed by atoms with E-state index in [1.165, 1.54) is 45.2 Å². The molecule has 0 aromatic rings. The summed E-state index contributed by atoms with van der Waals surface area (Å²) < 4.78 is 0. The van der Waals surface area contributed by atoms with Crippen molar-refractivity contribution >= 4 is 5.91 Å². The van der Waals surface area contributed by atoms with Crippen LogP contribution in [0.5, 0.6) is 0 Å². The molecule has 3 aliphatic rings. The third-order valence-corrected chi connectivity index (χ3v) is 5.45. The number of hydrogen-bond acceptors (Lipinski definition) is 4. The van der Waals surface area contributed by atoms with Crippen molar-refractivity contribution in [3.8, 4) is 0 Å². The Hall–Kier alpha value is -0.650. The van der Waals surface area contributed by atoms with E-state index < -0.39 is 0 Å². The quantitative estimate of drug-likeness (QED) is 0.810. The number of aliphatic hydroxyl groups is 1. The van der Waals surface area contributed by atoms with Crippen LogP contribution in [0, 0.1) is 5.92 Å². The topological polar surface area (TPSA) is 55.8 Å². The number of carbonyl (C=O) groups is 1. The van der Waals surface area contributed by atoms with Crippen molar-refractivity contribution in [1.29, 1.82) is 0 Å². The van der Waals surface area contributed by atoms with Gasteiger partial charge < -0.3 is 20.2 Å². The Morgan fingerprint density at radius 1 is 1.09 bits per heavy atom. The van der Waals surface area contributed by atoms with Crippen LogP contribution < -0.4 is 5.32 Å². The fraction of sp³-hybridized carbons (Fsp3) is 0.941. The Morgan fingerprint density at radius 3 is 2.55 bits per heavy atom. The molecule has 126 valence electrons. The van der Waals surface area contributed by atoms with Crippen LogP contribution >= 0.6 is 0 Å². The molecule has 0 saturated carbocycles. The monoisotopic (exact) mass is 309 g/mol. The number of carbonyl (C=O) groups excluding carboxylic acids is 1. The first-order valence-electron chi connectivity index (χ1n) is 9.15. The van der Waals surface area contributed by atoms with Gasteiger partial charge in [-0.15, -0.1) is 0 Å². The maximum absolute atomic E-state index is 12.6. The molecule has 3 fully saturated rings. The molecule has 0 radical (unpaired) electrons. The molecule has 3 saturated heterocycles. The van der Waals surface area contributed by atoms with Gasteiger partial charge in [0.1, 0.15) is 0 Å². The molecule has 3 unspecified atom stereocenters. The normalized spacial score (nSPS) is 34.6. The zero-order valence-corrected chi connectivity index (χ0v) is 13.7. The highest BCUT2D eigenvalue weighted by atomic mass is 16.3. The smallest absolute Gasteiger partial charge is 0.239 e. The molecular weight excluding hydrogens is 278 g/mol. The van der Waals surface area contributed by atoms with E-state index in [9.17, 15) is 9.90 Å². The zero-order valence-electron chi connectivity index (χ0n) is 13.7. The van der Waals surface area contributed by atoms with Gasteiger partial charge in [0.05, 0.1) is 12.1 Å². The molecule has 5 heteroatoms. The summed E-state index contributed by atoms with van der Waals surface area (Å²) in [7, 11) is 0. The molecule has 22 heavy (non-hydrogen) atoms. The number of piperidine rings is 1. The second kappa shape index (κ2) is 7.75. The molecule has 3 aliphatic heterocycles. The van der Waals surface area contributed by atoms with Gasteiger partial charge in [0.25, 0.3) is 0 Å². The Labute approximate surface area is 134 Å². The van der Waals surface area contributed by atoms with Crippen LogP contribution in [0.25, 0.3) is 0 Å². The fourth-order valence-electron chi connectivity index (χ4n) is 4.22. The molecule has 0 aromatic heterocycles. The Balaban J connectivity index is 1.49. The third-order valence-electron chi connectivity index (χ3n) is 5.45. The van der Waals surface area contributed by atoms with Gasteiger partial charge in [-0.05, 0) is 51.1 Å². The minimum Gasteiger partial charge on any atom is -0.392 e. The lowest BCUT2D eigenvalue weighted by molar-refractivity contribution is -0.135. The van der Waals surface area contributed by atoms with Gasteiger partial charge in [-0.1, -0.05) is 12.8 Å². The Kier molecular flexibility index (Phi) is 5.71. The fourth-order valence-corrected chi connectivity index (χ4v) is 4.22. The molecule has 2 N–H and O–H groups in total. The first-order valence-corrected chi connectivity index (χ1v) is 9.15. The number of rotatable bonds is 3. The van der Waals surface area contributed by atoms with Crippen LogP contribution in [-0.4, -0.2) is 72.2 Å². The predicted octanol–water partition coefficient (Wildman–Crippen LogP) is 0.824. The largest absolute Gasteiger partial charge is 0.392 e. The second-order valence-electron chi connectivity index (χ2n) is 7.36. The zero-order chi connectivity index (χ0) is 15.4. The van der Waals surface area contributed by atoms with Gasteiger partial charge in [-0.25, -0.2) is 0 Å². The molecular formula is C17H31N3O2. The average molecular weight is 309 g/mol. The van der Waals surface area contributed by atoms with Crippen molar-refractivity contribution in [2.75, 3.05) is 39.3 Å². The van der Waals surface area contributed by atoms with E-state index in [0.29, 0.717) is 18.9 Å². The molecule has 1 amide bonds. The molecule has 3 rings (SSSR count). The van der Waals surface area contributed by atoms with E-state index in [1.807, 2.05) is 4.90 Å². The minimum atomic E-state index is -0.355. The molecule has 3 atom stereocenters. The van der Waals surface area contributed by atoms with E-state index in [4.69, 9.17) is 0 Å². The number of β-amino-alcohol motifs (C(OH)–C–C–N with tert-alkyl or cyclic N) is 1. The highest BCUT2D eigenvalue weighted by Gasteiger charge is 2.33. The van der Waals surface area contributed by atoms with Crippen molar-refractivity contribution in [2.24, 2.45) is 5.92 Å². The van der Waals surface area contributed by atoms with Crippen LogP contribution in [0.1, 0.15) is 44.9 Å².